The van der Waals surface area contributed by atoms with E-state index in [1.165, 1.54) is 20.0 Å². The van der Waals surface area contributed by atoms with E-state index < -0.39 is 17.4 Å². The van der Waals surface area contributed by atoms with E-state index in [0.717, 1.165) is 19.3 Å². The van der Waals surface area contributed by atoms with Gasteiger partial charge < -0.3 is 14.2 Å². The molecule has 0 aromatic heterocycles. The van der Waals surface area contributed by atoms with Crippen LogP contribution >= 0.6 is 0 Å². The molecular formula is C17H32O5. The molecule has 0 amide bonds. The molecule has 22 heavy (non-hydrogen) atoms. The van der Waals surface area contributed by atoms with Gasteiger partial charge in [-0.25, -0.2) is 0 Å². The summed E-state index contributed by atoms with van der Waals surface area (Å²) in [6.07, 6.45) is 6.18. The predicted octanol–water partition coefficient (Wildman–Crippen LogP) is 3.50. The zero-order valence-corrected chi connectivity index (χ0v) is 14.6. The molecule has 5 heteroatoms. The van der Waals surface area contributed by atoms with Crippen LogP contribution in [0, 0.1) is 5.41 Å². The second-order valence-electron chi connectivity index (χ2n) is 5.47. The normalized spacial score (nSPS) is 11.3. The third-order valence-electron chi connectivity index (χ3n) is 3.99. The van der Waals surface area contributed by atoms with E-state index in [-0.39, 0.29) is 6.61 Å². The van der Waals surface area contributed by atoms with Gasteiger partial charge in [0, 0.05) is 7.11 Å². The molecule has 0 aromatic carbocycles. The molecule has 130 valence electrons. The Morgan fingerprint density at radius 3 is 1.82 bits per heavy atom. The molecule has 0 spiro atoms. The van der Waals surface area contributed by atoms with E-state index in [1.54, 1.807) is 0 Å². The molecule has 0 N–H and O–H groups in total. The maximum Gasteiger partial charge on any atom is 0.323 e. The summed E-state index contributed by atoms with van der Waals surface area (Å²) < 4.78 is 15.3. The van der Waals surface area contributed by atoms with Gasteiger partial charge >= 0.3 is 11.9 Å². The van der Waals surface area contributed by atoms with Gasteiger partial charge in [-0.15, -0.1) is 0 Å². The van der Waals surface area contributed by atoms with Crippen molar-refractivity contribution in [2.24, 2.45) is 5.41 Å². The highest BCUT2D eigenvalue weighted by Gasteiger charge is 2.45. The highest BCUT2D eigenvalue weighted by molar-refractivity contribution is 5.99. The van der Waals surface area contributed by atoms with Gasteiger partial charge in [-0.2, -0.15) is 0 Å². The monoisotopic (exact) mass is 316 g/mol. The molecular weight excluding hydrogens is 284 g/mol. The molecule has 0 aliphatic carbocycles. The summed E-state index contributed by atoms with van der Waals surface area (Å²) in [5, 5.41) is 0. The van der Waals surface area contributed by atoms with Crippen LogP contribution in [0.2, 0.25) is 0 Å². The van der Waals surface area contributed by atoms with E-state index in [4.69, 9.17) is 14.2 Å². The molecule has 0 bridgehead atoms. The minimum absolute atomic E-state index is 0.154. The van der Waals surface area contributed by atoms with Crippen LogP contribution in [0.4, 0.5) is 0 Å². The number of rotatable bonds is 13. The number of hydrogen-bond acceptors (Lipinski definition) is 5. The molecule has 0 atom stereocenters. The van der Waals surface area contributed by atoms with Gasteiger partial charge in [0.05, 0.1) is 13.2 Å². The first-order valence-electron chi connectivity index (χ1n) is 8.42. The molecule has 0 aliphatic rings. The van der Waals surface area contributed by atoms with Crippen molar-refractivity contribution in [2.45, 2.75) is 65.7 Å². The Labute approximate surface area is 134 Å². The fourth-order valence-corrected chi connectivity index (χ4v) is 2.28. The van der Waals surface area contributed by atoms with Crippen LogP contribution in [0.5, 0.6) is 0 Å². The quantitative estimate of drug-likeness (QED) is 0.296. The number of carbonyl (C=O) groups excluding carboxylic acids is 2. The van der Waals surface area contributed by atoms with Gasteiger partial charge in [-0.3, -0.25) is 9.59 Å². The summed E-state index contributed by atoms with van der Waals surface area (Å²) in [6.45, 7) is 6.62. The number of hydrogen-bond donors (Lipinski definition) is 0. The fraction of sp³-hybridized carbons (Fsp3) is 0.882. The van der Waals surface area contributed by atoms with Crippen LogP contribution in [-0.4, -0.2) is 38.9 Å². The molecule has 0 aromatic rings. The number of unbranched alkanes of at least 4 members (excludes halogenated alkanes) is 4. The van der Waals surface area contributed by atoms with Gasteiger partial charge in [0.2, 0.25) is 0 Å². The van der Waals surface area contributed by atoms with Crippen molar-refractivity contribution in [2.75, 3.05) is 26.9 Å². The Morgan fingerprint density at radius 1 is 0.773 bits per heavy atom. The Morgan fingerprint density at radius 2 is 1.32 bits per heavy atom. The Kier molecular flexibility index (Phi) is 11.8. The van der Waals surface area contributed by atoms with E-state index in [9.17, 15) is 9.59 Å². The highest BCUT2D eigenvalue weighted by Crippen LogP contribution is 2.30. The summed E-state index contributed by atoms with van der Waals surface area (Å²) >= 11 is 0. The van der Waals surface area contributed by atoms with Gasteiger partial charge in [-0.1, -0.05) is 46.5 Å². The second-order valence-corrected chi connectivity index (χ2v) is 5.47. The molecule has 0 saturated carbocycles. The van der Waals surface area contributed by atoms with Gasteiger partial charge in [-0.05, 0) is 19.3 Å². The summed E-state index contributed by atoms with van der Waals surface area (Å²) in [6, 6.07) is 0. The van der Waals surface area contributed by atoms with Crippen LogP contribution in [0.3, 0.4) is 0 Å². The highest BCUT2D eigenvalue weighted by atomic mass is 16.6. The Hall–Kier alpha value is -1.10. The van der Waals surface area contributed by atoms with E-state index in [2.05, 4.69) is 6.92 Å². The standard InChI is InChI=1S/C17H32O5/c1-5-8-9-10-11-12-21-15(18)17(6-2,7-3)16(19)22-14-13-20-4/h5-14H2,1-4H3. The molecule has 0 aliphatic heterocycles. The van der Waals surface area contributed by atoms with Gasteiger partial charge in [0.25, 0.3) is 0 Å². The first-order chi connectivity index (χ1) is 10.6. The van der Waals surface area contributed by atoms with E-state index in [1.807, 2.05) is 13.8 Å². The van der Waals surface area contributed by atoms with E-state index >= 15 is 0 Å². The molecule has 0 radical (unpaired) electrons. The molecule has 0 saturated heterocycles. The lowest BCUT2D eigenvalue weighted by molar-refractivity contribution is -0.174. The number of esters is 2. The summed E-state index contributed by atoms with van der Waals surface area (Å²) in [5.74, 6) is -0.971. The third-order valence-corrected chi connectivity index (χ3v) is 3.99. The summed E-state index contributed by atoms with van der Waals surface area (Å²) in [4.78, 5) is 24.6. The van der Waals surface area contributed by atoms with Crippen molar-refractivity contribution in [3.05, 3.63) is 0 Å². The topological polar surface area (TPSA) is 61.8 Å². The lowest BCUT2D eigenvalue weighted by Crippen LogP contribution is -2.41. The van der Waals surface area contributed by atoms with Crippen molar-refractivity contribution in [3.63, 3.8) is 0 Å². The minimum Gasteiger partial charge on any atom is -0.465 e. The minimum atomic E-state index is -1.18. The lowest BCUT2D eigenvalue weighted by atomic mass is 9.82. The van der Waals surface area contributed by atoms with Crippen molar-refractivity contribution < 1.29 is 23.8 Å². The maximum absolute atomic E-state index is 12.3. The Balaban J connectivity index is 4.38. The van der Waals surface area contributed by atoms with Crippen molar-refractivity contribution >= 4 is 11.9 Å². The smallest absolute Gasteiger partial charge is 0.323 e. The fourth-order valence-electron chi connectivity index (χ4n) is 2.28. The largest absolute Gasteiger partial charge is 0.465 e. The molecule has 5 nitrogen and oxygen atoms in total. The number of methoxy groups -OCH3 is 1. The predicted molar refractivity (Wildman–Crippen MR) is 85.6 cm³/mol. The first kappa shape index (κ1) is 20.9. The van der Waals surface area contributed by atoms with Crippen molar-refractivity contribution in [1.29, 1.82) is 0 Å². The van der Waals surface area contributed by atoms with Crippen LogP contribution in [0.15, 0.2) is 0 Å². The SMILES string of the molecule is CCCCCCCOC(=O)C(CC)(CC)C(=O)OCCOC. The van der Waals surface area contributed by atoms with E-state index in [0.29, 0.717) is 26.1 Å². The molecule has 0 unspecified atom stereocenters. The van der Waals surface area contributed by atoms with Crippen LogP contribution in [0.25, 0.3) is 0 Å². The average molecular weight is 316 g/mol. The summed E-state index contributed by atoms with van der Waals surface area (Å²) in [7, 11) is 1.54. The van der Waals surface area contributed by atoms with Crippen LogP contribution in [-0.2, 0) is 23.8 Å². The zero-order valence-electron chi connectivity index (χ0n) is 14.6. The number of ether oxygens (including phenoxy) is 3. The lowest BCUT2D eigenvalue weighted by Gasteiger charge is -2.26. The summed E-state index contributed by atoms with van der Waals surface area (Å²) in [5.41, 5.74) is -1.18. The van der Waals surface area contributed by atoms with Crippen molar-refractivity contribution in [3.8, 4) is 0 Å². The first-order valence-corrected chi connectivity index (χ1v) is 8.42. The Bertz CT molecular complexity index is 310. The molecule has 0 fully saturated rings. The second kappa shape index (κ2) is 12.4. The molecule has 0 rings (SSSR count). The third kappa shape index (κ3) is 6.77. The zero-order chi connectivity index (χ0) is 16.8. The maximum atomic E-state index is 12.3. The average Bonchev–Trinajstić information content (AvgIpc) is 2.52. The van der Waals surface area contributed by atoms with Crippen LogP contribution < -0.4 is 0 Å². The molecule has 0 heterocycles. The number of carbonyl (C=O) groups is 2. The van der Waals surface area contributed by atoms with Crippen LogP contribution in [0.1, 0.15) is 65.7 Å². The van der Waals surface area contributed by atoms with Crippen molar-refractivity contribution in [1.82, 2.24) is 0 Å². The van der Waals surface area contributed by atoms with Gasteiger partial charge in [0.1, 0.15) is 6.61 Å². The van der Waals surface area contributed by atoms with Gasteiger partial charge in [0.15, 0.2) is 5.41 Å².